The summed E-state index contributed by atoms with van der Waals surface area (Å²) in [5.74, 6) is -0.483. The Kier molecular flexibility index (Phi) is 4.56. The lowest BCUT2D eigenvalue weighted by Crippen LogP contribution is -2.17. The molecule has 23 heavy (non-hydrogen) atoms. The van der Waals surface area contributed by atoms with Crippen LogP contribution in [0, 0.1) is 13.8 Å². The molecular weight excluding hydrogens is 331 g/mol. The normalized spacial score (nSPS) is 12.0. The van der Waals surface area contributed by atoms with Crippen molar-refractivity contribution in [2.45, 2.75) is 25.1 Å². The summed E-state index contributed by atoms with van der Waals surface area (Å²) in [5, 5.41) is 0. The van der Waals surface area contributed by atoms with Gasteiger partial charge in [0.25, 0.3) is 10.0 Å². The highest BCUT2D eigenvalue weighted by atomic mass is 32.2. The molecule has 0 aliphatic carbocycles. The Labute approximate surface area is 132 Å². The summed E-state index contributed by atoms with van der Waals surface area (Å²) in [6.45, 7) is 3.65. The van der Waals surface area contributed by atoms with Gasteiger partial charge in [0, 0.05) is 5.69 Å². The predicted molar refractivity (Wildman–Crippen MR) is 79.8 cm³/mol. The van der Waals surface area contributed by atoms with Gasteiger partial charge < -0.3 is 4.74 Å². The van der Waals surface area contributed by atoms with E-state index in [-0.39, 0.29) is 4.90 Å². The number of hydrogen-bond acceptors (Lipinski definition) is 3. The summed E-state index contributed by atoms with van der Waals surface area (Å²) in [5.41, 5.74) is 2.16. The zero-order valence-electron chi connectivity index (χ0n) is 12.3. The van der Waals surface area contributed by atoms with E-state index in [1.807, 2.05) is 19.9 Å². The molecule has 0 saturated heterocycles. The number of aryl methyl sites for hydroxylation is 2. The van der Waals surface area contributed by atoms with E-state index in [0.717, 1.165) is 35.4 Å². The third-order valence-electron chi connectivity index (χ3n) is 2.84. The van der Waals surface area contributed by atoms with Gasteiger partial charge in [-0.2, -0.15) is 0 Å². The van der Waals surface area contributed by atoms with Gasteiger partial charge in [-0.1, -0.05) is 6.07 Å². The van der Waals surface area contributed by atoms with Gasteiger partial charge in [0.2, 0.25) is 0 Å². The van der Waals surface area contributed by atoms with E-state index in [2.05, 4.69) is 9.46 Å². The maximum Gasteiger partial charge on any atom is 0.573 e. The van der Waals surface area contributed by atoms with Crippen LogP contribution < -0.4 is 9.46 Å². The van der Waals surface area contributed by atoms with Crippen molar-refractivity contribution in [3.8, 4) is 5.75 Å². The van der Waals surface area contributed by atoms with Crippen molar-refractivity contribution < 1.29 is 26.3 Å². The van der Waals surface area contributed by atoms with E-state index in [0.29, 0.717) is 5.69 Å². The first-order valence-electron chi connectivity index (χ1n) is 6.52. The minimum absolute atomic E-state index is 0.161. The topological polar surface area (TPSA) is 55.4 Å². The SMILES string of the molecule is Cc1cc(C)cc(NS(=O)(=O)c2ccc(OC(F)(F)F)cc2)c1. The monoisotopic (exact) mass is 345 g/mol. The van der Waals surface area contributed by atoms with Gasteiger partial charge in [0.1, 0.15) is 5.75 Å². The van der Waals surface area contributed by atoms with Crippen LogP contribution in [0.1, 0.15) is 11.1 Å². The number of halogens is 3. The molecule has 2 rings (SSSR count). The second-order valence-corrected chi connectivity index (χ2v) is 6.68. The van der Waals surface area contributed by atoms with Crippen LogP contribution in [0.2, 0.25) is 0 Å². The standard InChI is InChI=1S/C15H14F3NO3S/c1-10-7-11(2)9-12(8-10)19-23(20,21)14-5-3-13(4-6-14)22-15(16,17)18/h3-9,19H,1-2H3. The van der Waals surface area contributed by atoms with Crippen molar-refractivity contribution in [1.82, 2.24) is 0 Å². The number of ether oxygens (including phenoxy) is 1. The Morgan fingerprint density at radius 3 is 1.96 bits per heavy atom. The minimum Gasteiger partial charge on any atom is -0.406 e. The highest BCUT2D eigenvalue weighted by Crippen LogP contribution is 2.25. The van der Waals surface area contributed by atoms with Gasteiger partial charge in [-0.25, -0.2) is 8.42 Å². The van der Waals surface area contributed by atoms with Crippen LogP contribution in [0.15, 0.2) is 47.4 Å². The number of anilines is 1. The highest BCUT2D eigenvalue weighted by Gasteiger charge is 2.31. The van der Waals surface area contributed by atoms with Gasteiger partial charge in [0.05, 0.1) is 4.90 Å². The van der Waals surface area contributed by atoms with Crippen molar-refractivity contribution in [2.75, 3.05) is 4.72 Å². The second-order valence-electron chi connectivity index (χ2n) is 5.00. The number of sulfonamides is 1. The average Bonchev–Trinajstić information content (AvgIpc) is 2.35. The fourth-order valence-corrected chi connectivity index (χ4v) is 3.11. The van der Waals surface area contributed by atoms with E-state index in [9.17, 15) is 21.6 Å². The van der Waals surface area contributed by atoms with Gasteiger partial charge in [-0.3, -0.25) is 4.72 Å². The summed E-state index contributed by atoms with van der Waals surface area (Å²) in [6, 6.07) is 9.20. The quantitative estimate of drug-likeness (QED) is 0.911. The maximum absolute atomic E-state index is 12.2. The number of rotatable bonds is 4. The van der Waals surface area contributed by atoms with Crippen LogP contribution in [0.25, 0.3) is 0 Å². The number of alkyl halides is 3. The van der Waals surface area contributed by atoms with Crippen molar-refractivity contribution in [3.63, 3.8) is 0 Å². The molecule has 0 aliphatic rings. The van der Waals surface area contributed by atoms with E-state index >= 15 is 0 Å². The van der Waals surface area contributed by atoms with Crippen LogP contribution in [0.3, 0.4) is 0 Å². The molecule has 0 atom stereocenters. The van der Waals surface area contributed by atoms with Crippen LogP contribution in [-0.4, -0.2) is 14.8 Å². The lowest BCUT2D eigenvalue weighted by atomic mass is 10.1. The molecule has 2 aromatic rings. The molecule has 8 heteroatoms. The molecule has 1 N–H and O–H groups in total. The number of nitrogens with one attached hydrogen (secondary N) is 1. The first-order chi connectivity index (χ1) is 10.5. The van der Waals surface area contributed by atoms with E-state index in [4.69, 9.17) is 0 Å². The number of benzene rings is 2. The molecule has 0 fully saturated rings. The molecule has 0 spiro atoms. The first-order valence-corrected chi connectivity index (χ1v) is 8.00. The van der Waals surface area contributed by atoms with E-state index in [1.165, 1.54) is 0 Å². The van der Waals surface area contributed by atoms with Crippen molar-refractivity contribution >= 4 is 15.7 Å². The zero-order valence-corrected chi connectivity index (χ0v) is 13.1. The summed E-state index contributed by atoms with van der Waals surface area (Å²) < 4.78 is 66.8. The van der Waals surface area contributed by atoms with Crippen LogP contribution in [-0.2, 0) is 10.0 Å². The Bertz CT molecular complexity index is 779. The summed E-state index contributed by atoms with van der Waals surface area (Å²) >= 11 is 0. The smallest absolute Gasteiger partial charge is 0.406 e. The first kappa shape index (κ1) is 17.1. The van der Waals surface area contributed by atoms with Crippen molar-refractivity contribution in [2.24, 2.45) is 0 Å². The molecule has 4 nitrogen and oxygen atoms in total. The van der Waals surface area contributed by atoms with Crippen LogP contribution in [0.4, 0.5) is 18.9 Å². The molecule has 0 saturated carbocycles. The molecule has 2 aromatic carbocycles. The summed E-state index contributed by atoms with van der Waals surface area (Å²) in [4.78, 5) is -0.161. The Morgan fingerprint density at radius 1 is 0.957 bits per heavy atom. The molecule has 0 bridgehead atoms. The molecule has 0 aromatic heterocycles. The summed E-state index contributed by atoms with van der Waals surface area (Å²) in [6.07, 6.45) is -4.82. The minimum atomic E-state index is -4.82. The fraction of sp³-hybridized carbons (Fsp3) is 0.200. The fourth-order valence-electron chi connectivity index (χ4n) is 2.07. The van der Waals surface area contributed by atoms with Gasteiger partial charge in [0.15, 0.2) is 0 Å². The largest absolute Gasteiger partial charge is 0.573 e. The van der Waals surface area contributed by atoms with Gasteiger partial charge in [-0.15, -0.1) is 13.2 Å². The molecule has 0 amide bonds. The average molecular weight is 345 g/mol. The maximum atomic E-state index is 12.2. The summed E-state index contributed by atoms with van der Waals surface area (Å²) in [7, 11) is -3.89. The van der Waals surface area contributed by atoms with E-state index < -0.39 is 22.1 Å². The predicted octanol–water partition coefficient (Wildman–Crippen LogP) is 4.00. The van der Waals surface area contributed by atoms with Crippen LogP contribution in [0.5, 0.6) is 5.75 Å². The molecule has 0 aliphatic heterocycles. The highest BCUT2D eigenvalue weighted by molar-refractivity contribution is 7.92. The van der Waals surface area contributed by atoms with Gasteiger partial charge >= 0.3 is 6.36 Å². The number of hydrogen-bond donors (Lipinski definition) is 1. The zero-order chi connectivity index (χ0) is 17.3. The van der Waals surface area contributed by atoms with Crippen molar-refractivity contribution in [3.05, 3.63) is 53.6 Å². The lowest BCUT2D eigenvalue weighted by Gasteiger charge is -2.11. The van der Waals surface area contributed by atoms with Gasteiger partial charge in [-0.05, 0) is 61.4 Å². The second kappa shape index (κ2) is 6.11. The molecule has 0 unspecified atom stereocenters. The lowest BCUT2D eigenvalue weighted by molar-refractivity contribution is -0.274. The van der Waals surface area contributed by atoms with Crippen molar-refractivity contribution in [1.29, 1.82) is 0 Å². The van der Waals surface area contributed by atoms with E-state index in [1.54, 1.807) is 12.1 Å². The third kappa shape index (κ3) is 4.88. The third-order valence-corrected chi connectivity index (χ3v) is 4.24. The Morgan fingerprint density at radius 2 is 1.48 bits per heavy atom. The van der Waals surface area contributed by atoms with Crippen LogP contribution >= 0.6 is 0 Å². The molecule has 0 radical (unpaired) electrons. The molecule has 124 valence electrons. The molecular formula is C15H14F3NO3S. The molecule has 0 heterocycles. The Balaban J connectivity index is 2.22. The Hall–Kier alpha value is -2.22.